The van der Waals surface area contributed by atoms with Gasteiger partial charge >= 0.3 is 0 Å². The minimum atomic E-state index is 0.737. The molecule has 4 nitrogen and oxygen atoms in total. The minimum absolute atomic E-state index is 0.737. The molecule has 0 bridgehead atoms. The summed E-state index contributed by atoms with van der Waals surface area (Å²) in [7, 11) is 0. The van der Waals surface area contributed by atoms with Gasteiger partial charge in [-0.25, -0.2) is 0 Å². The van der Waals surface area contributed by atoms with Gasteiger partial charge in [0.15, 0.2) is 0 Å². The lowest BCUT2D eigenvalue weighted by molar-refractivity contribution is 0.0681. The smallest absolute Gasteiger partial charge is 0.0837 e. The van der Waals surface area contributed by atoms with Gasteiger partial charge in [-0.1, -0.05) is 19.1 Å². The predicted molar refractivity (Wildman–Crippen MR) is 98.8 cm³/mol. The summed E-state index contributed by atoms with van der Waals surface area (Å²) in [5.41, 5.74) is 3.52. The van der Waals surface area contributed by atoms with Gasteiger partial charge in [-0.2, -0.15) is 5.10 Å². The van der Waals surface area contributed by atoms with Crippen LogP contribution in [0, 0.1) is 18.8 Å². The van der Waals surface area contributed by atoms with Crippen LogP contribution >= 0.6 is 0 Å². The summed E-state index contributed by atoms with van der Waals surface area (Å²) in [6.45, 7) is 8.38. The number of anilines is 1. The number of nitrogens with one attached hydrogen (secondary N) is 1. The number of nitrogens with zero attached hydrogens (tertiary/aromatic N) is 2. The quantitative estimate of drug-likeness (QED) is 0.856. The number of hydrogen-bond acceptors (Lipinski definition) is 3. The molecule has 1 aliphatic carbocycles. The van der Waals surface area contributed by atoms with Gasteiger partial charge in [-0.3, -0.25) is 5.10 Å². The van der Waals surface area contributed by atoms with Gasteiger partial charge < -0.3 is 9.64 Å². The normalized spacial score (nSPS) is 18.2. The van der Waals surface area contributed by atoms with E-state index in [0.717, 1.165) is 49.4 Å². The van der Waals surface area contributed by atoms with Crippen LogP contribution in [0.4, 0.5) is 5.69 Å². The van der Waals surface area contributed by atoms with Crippen molar-refractivity contribution in [2.75, 3.05) is 31.2 Å². The summed E-state index contributed by atoms with van der Waals surface area (Å²) in [6, 6.07) is 8.57. The maximum absolute atomic E-state index is 5.54. The number of rotatable bonds is 6. The largest absolute Gasteiger partial charge is 0.381 e. The number of aryl methyl sites for hydroxylation is 2. The summed E-state index contributed by atoms with van der Waals surface area (Å²) in [6.07, 6.45) is 6.06. The molecule has 1 aromatic rings. The molecule has 132 valence electrons. The predicted octanol–water partition coefficient (Wildman–Crippen LogP) is 4.05. The molecule has 2 heterocycles. The molecule has 1 N–H and O–H groups in total. The zero-order chi connectivity index (χ0) is 16.8. The lowest BCUT2D eigenvalue weighted by atomic mass is 9.99. The van der Waals surface area contributed by atoms with Crippen LogP contribution in [0.3, 0.4) is 0 Å². The maximum Gasteiger partial charge on any atom is 0.0837 e. The highest BCUT2D eigenvalue weighted by Crippen LogP contribution is 2.33. The van der Waals surface area contributed by atoms with Crippen LogP contribution in [0.2, 0.25) is 0 Å². The van der Waals surface area contributed by atoms with Crippen LogP contribution in [-0.4, -0.2) is 36.5 Å². The van der Waals surface area contributed by atoms with Gasteiger partial charge in [-0.05, 0) is 63.0 Å². The Morgan fingerprint density at radius 3 is 2.42 bits per heavy atom. The van der Waals surface area contributed by atoms with Crippen LogP contribution in [-0.2, 0) is 11.2 Å². The van der Waals surface area contributed by atoms with Gasteiger partial charge in [0.05, 0.1) is 11.4 Å². The molecule has 2 fully saturated rings. The fraction of sp³-hybridized carbons (Fsp3) is 0.650. The molecule has 3 rings (SSSR count). The van der Waals surface area contributed by atoms with Gasteiger partial charge in [-0.15, -0.1) is 0 Å². The summed E-state index contributed by atoms with van der Waals surface area (Å²) < 4.78 is 5.54. The Morgan fingerprint density at radius 2 is 1.75 bits per heavy atom. The van der Waals surface area contributed by atoms with Gasteiger partial charge in [0.1, 0.15) is 0 Å². The molecule has 1 saturated heterocycles. The van der Waals surface area contributed by atoms with Gasteiger partial charge in [0.25, 0.3) is 0 Å². The highest BCUT2D eigenvalue weighted by atomic mass is 16.5. The molecule has 1 aromatic heterocycles. The number of ether oxygens (including phenoxy) is 1. The Balaban J connectivity index is 1.89. The third kappa shape index (κ3) is 4.97. The molecule has 0 radical (unpaired) electrons. The number of aromatic amines is 1. The van der Waals surface area contributed by atoms with Gasteiger partial charge in [0, 0.05) is 32.0 Å². The maximum atomic E-state index is 5.54. The second kappa shape index (κ2) is 8.52. The standard InChI is InChI=1S/C20H31N3O/c1-3-19-20(7-5-4-6-16(2)21-22-19)23(14-17-8-9-17)15-18-10-12-24-13-11-18/h4-7,17-18,21H,3,8-15H2,1-2H3. The second-order valence-corrected chi connectivity index (χ2v) is 7.21. The lowest BCUT2D eigenvalue weighted by Gasteiger charge is -2.32. The molecule has 0 unspecified atom stereocenters. The fourth-order valence-electron chi connectivity index (χ4n) is 3.37. The molecular weight excluding hydrogens is 298 g/mol. The molecule has 0 spiro atoms. The van der Waals surface area contributed by atoms with E-state index in [1.807, 2.05) is 0 Å². The van der Waals surface area contributed by atoms with Crippen molar-refractivity contribution in [3.63, 3.8) is 0 Å². The Bertz CT molecular complexity index is 572. The molecular formula is C20H31N3O. The number of hydrogen-bond donors (Lipinski definition) is 1. The third-order valence-corrected chi connectivity index (χ3v) is 5.04. The van der Waals surface area contributed by atoms with Crippen molar-refractivity contribution < 1.29 is 4.74 Å². The fourth-order valence-corrected chi connectivity index (χ4v) is 3.37. The summed E-state index contributed by atoms with van der Waals surface area (Å²) in [4.78, 5) is 2.60. The second-order valence-electron chi connectivity index (χ2n) is 7.21. The third-order valence-electron chi connectivity index (χ3n) is 5.04. The van der Waals surface area contributed by atoms with E-state index >= 15 is 0 Å². The lowest BCUT2D eigenvalue weighted by Crippen LogP contribution is -2.34. The van der Waals surface area contributed by atoms with E-state index in [9.17, 15) is 0 Å². The summed E-state index contributed by atoms with van der Waals surface area (Å²) in [5.74, 6) is 1.61. The molecule has 1 aliphatic heterocycles. The van der Waals surface area contributed by atoms with Crippen molar-refractivity contribution in [3.05, 3.63) is 35.7 Å². The first-order chi connectivity index (χ1) is 11.8. The van der Waals surface area contributed by atoms with Crippen LogP contribution in [0.5, 0.6) is 0 Å². The van der Waals surface area contributed by atoms with Crippen molar-refractivity contribution in [1.29, 1.82) is 0 Å². The van der Waals surface area contributed by atoms with E-state index in [4.69, 9.17) is 4.74 Å². The van der Waals surface area contributed by atoms with Crippen LogP contribution in [0.1, 0.15) is 44.0 Å². The van der Waals surface area contributed by atoms with E-state index in [-0.39, 0.29) is 0 Å². The summed E-state index contributed by atoms with van der Waals surface area (Å²) >= 11 is 0. The molecule has 0 aromatic carbocycles. The SMILES string of the molecule is CCc1n[nH]c(C)ccccc1N(CC1CCOCC1)CC1CC1. The minimum Gasteiger partial charge on any atom is -0.381 e. The number of aromatic nitrogens is 2. The van der Waals surface area contributed by atoms with Crippen molar-refractivity contribution in [2.45, 2.75) is 46.0 Å². The molecule has 24 heavy (non-hydrogen) atoms. The molecule has 0 atom stereocenters. The first kappa shape index (κ1) is 17.3. The zero-order valence-electron chi connectivity index (χ0n) is 15.1. The van der Waals surface area contributed by atoms with Crippen LogP contribution < -0.4 is 4.90 Å². The Hall–Kier alpha value is -1.55. The highest BCUT2D eigenvalue weighted by molar-refractivity contribution is 5.49. The van der Waals surface area contributed by atoms with Crippen LogP contribution in [0.25, 0.3) is 0 Å². The monoisotopic (exact) mass is 329 g/mol. The number of H-pyrrole nitrogens is 1. The van der Waals surface area contributed by atoms with Crippen molar-refractivity contribution in [3.8, 4) is 0 Å². The molecule has 4 heteroatoms. The molecule has 0 amide bonds. The highest BCUT2D eigenvalue weighted by Gasteiger charge is 2.27. The van der Waals surface area contributed by atoms with Gasteiger partial charge in [0.2, 0.25) is 0 Å². The summed E-state index contributed by atoms with van der Waals surface area (Å²) in [5, 5.41) is 7.88. The van der Waals surface area contributed by atoms with Crippen molar-refractivity contribution in [2.24, 2.45) is 11.8 Å². The molecule has 2 aliphatic rings. The first-order valence-electron chi connectivity index (χ1n) is 9.47. The molecule has 1 saturated carbocycles. The van der Waals surface area contributed by atoms with E-state index in [1.165, 1.54) is 37.9 Å². The average Bonchev–Trinajstić information content (AvgIpc) is 3.40. The van der Waals surface area contributed by atoms with E-state index < -0.39 is 0 Å². The van der Waals surface area contributed by atoms with E-state index in [0.29, 0.717) is 0 Å². The van der Waals surface area contributed by atoms with Crippen molar-refractivity contribution in [1.82, 2.24) is 10.2 Å². The Kier molecular flexibility index (Phi) is 6.13. The average molecular weight is 329 g/mol. The zero-order valence-corrected chi connectivity index (χ0v) is 15.1. The van der Waals surface area contributed by atoms with Crippen molar-refractivity contribution >= 4 is 5.69 Å². The van der Waals surface area contributed by atoms with E-state index in [1.54, 1.807) is 0 Å². The van der Waals surface area contributed by atoms with E-state index in [2.05, 4.69) is 53.2 Å². The Morgan fingerprint density at radius 1 is 1.08 bits per heavy atom. The topological polar surface area (TPSA) is 41.2 Å². The van der Waals surface area contributed by atoms with Crippen LogP contribution in [0.15, 0.2) is 24.3 Å². The Labute approximate surface area is 145 Å². The first-order valence-corrected chi connectivity index (χ1v) is 9.47.